The zero-order valence-electron chi connectivity index (χ0n) is 12.4. The van der Waals surface area contributed by atoms with Gasteiger partial charge in [0.25, 0.3) is 0 Å². The highest BCUT2D eigenvalue weighted by Crippen LogP contribution is 2.06. The fourth-order valence-electron chi connectivity index (χ4n) is 1.90. The molecule has 110 valence electrons. The van der Waals surface area contributed by atoms with Crippen LogP contribution in [0.4, 0.5) is 0 Å². The number of halogens is 1. The summed E-state index contributed by atoms with van der Waals surface area (Å²) in [6, 6.07) is 9.89. The summed E-state index contributed by atoms with van der Waals surface area (Å²) in [5.74, 6) is 6.15. The van der Waals surface area contributed by atoms with Gasteiger partial charge in [-0.25, -0.2) is 4.79 Å². The summed E-state index contributed by atoms with van der Waals surface area (Å²) < 4.78 is 5.42. The molecule has 0 heterocycles. The molecule has 0 bridgehead atoms. The second kappa shape index (κ2) is 9.57. The molecule has 0 saturated carbocycles. The van der Waals surface area contributed by atoms with Crippen LogP contribution in [0.25, 0.3) is 0 Å². The van der Waals surface area contributed by atoms with Crippen LogP contribution in [0.1, 0.15) is 19.4 Å². The Kier molecular flexibility index (Phi) is 8.94. The molecular formula is C16H22BrNO2. The van der Waals surface area contributed by atoms with E-state index in [0.29, 0.717) is 17.6 Å². The summed E-state index contributed by atoms with van der Waals surface area (Å²) in [5.41, 5.74) is 1.01. The molecule has 4 heteroatoms. The molecule has 0 saturated heterocycles. The molecule has 0 aliphatic carbocycles. The Balaban J connectivity index is 0.00000361. The van der Waals surface area contributed by atoms with E-state index in [1.807, 2.05) is 30.3 Å². The molecule has 0 unspecified atom stereocenters. The molecule has 0 aromatic heterocycles. The van der Waals surface area contributed by atoms with Crippen molar-refractivity contribution < 1.29 is 31.0 Å². The number of quaternary nitrogens is 1. The number of ether oxygens (including phenoxy) is 1. The van der Waals surface area contributed by atoms with Crippen LogP contribution in [0.15, 0.2) is 30.3 Å². The van der Waals surface area contributed by atoms with Crippen molar-refractivity contribution in [3.05, 3.63) is 35.9 Å². The molecule has 0 aliphatic rings. The second-order valence-corrected chi connectivity index (χ2v) is 4.53. The van der Waals surface area contributed by atoms with Gasteiger partial charge < -0.3 is 26.2 Å². The number of hydrogen-bond acceptors (Lipinski definition) is 2. The third-order valence-electron chi connectivity index (χ3n) is 3.45. The van der Waals surface area contributed by atoms with E-state index in [9.17, 15) is 4.79 Å². The first-order chi connectivity index (χ1) is 9.15. The topological polar surface area (TPSA) is 26.3 Å². The highest BCUT2D eigenvalue weighted by atomic mass is 79.9. The number of hydrogen-bond donors (Lipinski definition) is 0. The lowest BCUT2D eigenvalue weighted by Crippen LogP contribution is -3.00. The third kappa shape index (κ3) is 5.77. The Morgan fingerprint density at radius 2 is 1.80 bits per heavy atom. The van der Waals surface area contributed by atoms with Crippen LogP contribution in [0.2, 0.25) is 0 Å². The highest BCUT2D eigenvalue weighted by Gasteiger charge is 2.26. The summed E-state index contributed by atoms with van der Waals surface area (Å²) in [5, 5.41) is 0. The quantitative estimate of drug-likeness (QED) is 0.393. The lowest BCUT2D eigenvalue weighted by molar-refractivity contribution is -0.911. The standard InChI is InChI=1S/C16H22NO2.BrH/c1-4-17(5-2,14-16(18)19-3)13-9-12-15-10-7-6-8-11-15;/h6-8,10-11H,4-5,13-14H2,1-3H3;1H/q+1;/p-1. The largest absolute Gasteiger partial charge is 1.00 e. The SMILES string of the molecule is CC[N+](CC)(CC#Cc1ccccc1)CC(=O)OC.[Br-]. The minimum Gasteiger partial charge on any atom is -1.00 e. The molecule has 20 heavy (non-hydrogen) atoms. The Labute approximate surface area is 132 Å². The average molecular weight is 340 g/mol. The summed E-state index contributed by atoms with van der Waals surface area (Å²) in [4.78, 5) is 11.5. The molecule has 0 atom stereocenters. The van der Waals surface area contributed by atoms with Crippen LogP contribution in [0.5, 0.6) is 0 Å². The minimum atomic E-state index is -0.176. The summed E-state index contributed by atoms with van der Waals surface area (Å²) in [6.45, 7) is 6.95. The van der Waals surface area contributed by atoms with E-state index in [4.69, 9.17) is 4.74 Å². The number of nitrogens with zero attached hydrogens (tertiary/aromatic N) is 1. The summed E-state index contributed by atoms with van der Waals surface area (Å²) in [7, 11) is 1.43. The Morgan fingerprint density at radius 1 is 1.20 bits per heavy atom. The molecular weight excluding hydrogens is 318 g/mol. The average Bonchev–Trinajstić information content (AvgIpc) is 2.47. The van der Waals surface area contributed by atoms with E-state index in [1.165, 1.54) is 7.11 Å². The van der Waals surface area contributed by atoms with Crippen molar-refractivity contribution in [1.82, 2.24) is 0 Å². The van der Waals surface area contributed by atoms with Gasteiger partial charge >= 0.3 is 5.97 Å². The van der Waals surface area contributed by atoms with Gasteiger partial charge in [-0.15, -0.1) is 0 Å². The van der Waals surface area contributed by atoms with Crippen LogP contribution >= 0.6 is 0 Å². The van der Waals surface area contributed by atoms with Crippen molar-refractivity contribution in [3.8, 4) is 11.8 Å². The maximum atomic E-state index is 11.5. The van der Waals surface area contributed by atoms with Crippen LogP contribution in [-0.2, 0) is 9.53 Å². The number of benzene rings is 1. The van der Waals surface area contributed by atoms with Crippen LogP contribution in [0.3, 0.4) is 0 Å². The van der Waals surface area contributed by atoms with Crippen LogP contribution in [0, 0.1) is 11.8 Å². The predicted molar refractivity (Wildman–Crippen MR) is 76.4 cm³/mol. The van der Waals surface area contributed by atoms with E-state index in [0.717, 1.165) is 18.7 Å². The Bertz CT molecular complexity index is 458. The molecule has 1 rings (SSSR count). The number of likely N-dealkylation sites (N-methyl/N-ethyl adjacent to an activating group) is 1. The maximum absolute atomic E-state index is 11.5. The smallest absolute Gasteiger partial charge is 0.361 e. The zero-order chi connectivity index (χ0) is 14.1. The molecule has 1 aromatic rings. The molecule has 0 fully saturated rings. The number of methoxy groups -OCH3 is 1. The first-order valence-corrected chi connectivity index (χ1v) is 6.61. The molecule has 0 amide bonds. The van der Waals surface area contributed by atoms with Gasteiger partial charge in [-0.05, 0) is 31.9 Å². The Morgan fingerprint density at radius 3 is 2.30 bits per heavy atom. The number of esters is 1. The molecule has 1 aromatic carbocycles. The molecule has 0 aliphatic heterocycles. The van der Waals surface area contributed by atoms with E-state index in [2.05, 4.69) is 25.7 Å². The predicted octanol–water partition coefficient (Wildman–Crippen LogP) is -0.928. The summed E-state index contributed by atoms with van der Waals surface area (Å²) in [6.07, 6.45) is 0. The van der Waals surface area contributed by atoms with Crippen molar-refractivity contribution in [1.29, 1.82) is 0 Å². The lowest BCUT2D eigenvalue weighted by atomic mass is 10.2. The van der Waals surface area contributed by atoms with E-state index >= 15 is 0 Å². The van der Waals surface area contributed by atoms with Crippen molar-refractivity contribution in [2.75, 3.05) is 33.3 Å². The highest BCUT2D eigenvalue weighted by molar-refractivity contribution is 5.70. The van der Waals surface area contributed by atoms with Gasteiger partial charge in [0.2, 0.25) is 0 Å². The lowest BCUT2D eigenvalue weighted by Gasteiger charge is -2.33. The van der Waals surface area contributed by atoms with Gasteiger partial charge in [0.1, 0.15) is 6.54 Å². The van der Waals surface area contributed by atoms with Crippen LogP contribution < -0.4 is 17.0 Å². The zero-order valence-corrected chi connectivity index (χ0v) is 13.9. The van der Waals surface area contributed by atoms with Gasteiger partial charge in [0, 0.05) is 5.56 Å². The molecule has 0 N–H and O–H groups in total. The van der Waals surface area contributed by atoms with Gasteiger partial charge in [0.05, 0.1) is 20.2 Å². The fraction of sp³-hybridized carbons (Fsp3) is 0.438. The fourth-order valence-corrected chi connectivity index (χ4v) is 1.90. The van der Waals surface area contributed by atoms with E-state index < -0.39 is 0 Å². The minimum absolute atomic E-state index is 0. The third-order valence-corrected chi connectivity index (χ3v) is 3.45. The van der Waals surface area contributed by atoms with Gasteiger partial charge in [0.15, 0.2) is 6.54 Å². The van der Waals surface area contributed by atoms with Crippen molar-refractivity contribution in [2.24, 2.45) is 0 Å². The van der Waals surface area contributed by atoms with Crippen molar-refractivity contribution in [2.45, 2.75) is 13.8 Å². The monoisotopic (exact) mass is 339 g/mol. The normalized spacial score (nSPS) is 9.95. The van der Waals surface area contributed by atoms with Gasteiger partial charge in [-0.2, -0.15) is 0 Å². The van der Waals surface area contributed by atoms with Gasteiger partial charge in [-0.1, -0.05) is 24.1 Å². The molecule has 3 nitrogen and oxygen atoms in total. The number of carbonyl (C=O) groups is 1. The second-order valence-electron chi connectivity index (χ2n) is 4.53. The number of rotatable bonds is 5. The Hall–Kier alpha value is -1.31. The molecule has 0 radical (unpaired) electrons. The first-order valence-electron chi connectivity index (χ1n) is 6.61. The maximum Gasteiger partial charge on any atom is 0.361 e. The summed E-state index contributed by atoms with van der Waals surface area (Å²) >= 11 is 0. The van der Waals surface area contributed by atoms with Crippen molar-refractivity contribution >= 4 is 5.97 Å². The van der Waals surface area contributed by atoms with Crippen LogP contribution in [-0.4, -0.2) is 43.7 Å². The number of carbonyl (C=O) groups excluding carboxylic acids is 1. The molecule has 0 spiro atoms. The first kappa shape index (κ1) is 18.7. The van der Waals surface area contributed by atoms with Crippen molar-refractivity contribution in [3.63, 3.8) is 0 Å². The van der Waals surface area contributed by atoms with E-state index in [1.54, 1.807) is 0 Å². The van der Waals surface area contributed by atoms with Gasteiger partial charge in [-0.3, -0.25) is 0 Å². The van der Waals surface area contributed by atoms with E-state index in [-0.39, 0.29) is 23.0 Å².